The van der Waals surface area contributed by atoms with Gasteiger partial charge in [0.2, 0.25) is 0 Å². The highest BCUT2D eigenvalue weighted by Crippen LogP contribution is 2.15. The van der Waals surface area contributed by atoms with Crippen LogP contribution >= 0.6 is 12.2 Å². The van der Waals surface area contributed by atoms with Crippen molar-refractivity contribution >= 4 is 23.2 Å². The number of thiocarbonyl (C=S) groups is 1. The minimum atomic E-state index is -0.246. The summed E-state index contributed by atoms with van der Waals surface area (Å²) in [6, 6.07) is 7.57. The zero-order chi connectivity index (χ0) is 14.4. The maximum Gasteiger partial charge on any atom is 0.264 e. The van der Waals surface area contributed by atoms with Crippen LogP contribution in [0, 0.1) is 6.92 Å². The van der Waals surface area contributed by atoms with Crippen molar-refractivity contribution in [1.29, 1.82) is 0 Å². The fraction of sp³-hybridized carbons (Fsp3) is 0.429. The first kappa shape index (κ1) is 14.7. The summed E-state index contributed by atoms with van der Waals surface area (Å²) >= 11 is 5.19. The lowest BCUT2D eigenvalue weighted by molar-refractivity contribution is -0.121. The third-order valence-electron chi connectivity index (χ3n) is 3.00. The summed E-state index contributed by atoms with van der Waals surface area (Å²) in [5.74, 6) is 0.463. The predicted octanol–water partition coefficient (Wildman–Crippen LogP) is 1.11. The molecule has 108 valence electrons. The van der Waals surface area contributed by atoms with Gasteiger partial charge in [0.05, 0.1) is 13.2 Å². The molecule has 0 atom stereocenters. The first-order valence-electron chi connectivity index (χ1n) is 6.52. The minimum Gasteiger partial charge on any atom is -0.483 e. The van der Waals surface area contributed by atoms with Crippen LogP contribution in [0.2, 0.25) is 0 Å². The van der Waals surface area contributed by atoms with Crippen molar-refractivity contribution in [3.63, 3.8) is 0 Å². The number of para-hydroxylation sites is 1. The standard InChI is InChI=1S/C14H18N2O3S/c1-11-4-2-3-5-12(11)19-10-13(17)15-14(20)16-6-8-18-9-7-16/h2-5H,6-10H2,1H3,(H,15,17,20). The third kappa shape index (κ3) is 4.18. The molecule has 0 aliphatic carbocycles. The summed E-state index contributed by atoms with van der Waals surface area (Å²) < 4.78 is 10.7. The second kappa shape index (κ2) is 7.21. The topological polar surface area (TPSA) is 50.8 Å². The molecular formula is C14H18N2O3S. The van der Waals surface area contributed by atoms with Crippen LogP contribution in [0.5, 0.6) is 5.75 Å². The average Bonchev–Trinajstić information content (AvgIpc) is 2.47. The van der Waals surface area contributed by atoms with E-state index in [1.165, 1.54) is 0 Å². The van der Waals surface area contributed by atoms with Gasteiger partial charge in [-0.3, -0.25) is 4.79 Å². The van der Waals surface area contributed by atoms with Gasteiger partial charge in [-0.25, -0.2) is 0 Å². The normalized spacial score (nSPS) is 14.8. The van der Waals surface area contributed by atoms with Gasteiger partial charge < -0.3 is 19.7 Å². The number of hydrogen-bond acceptors (Lipinski definition) is 4. The summed E-state index contributed by atoms with van der Waals surface area (Å²) in [5, 5.41) is 3.11. The van der Waals surface area contributed by atoms with Crippen LogP contribution in [0.15, 0.2) is 24.3 Å². The van der Waals surface area contributed by atoms with E-state index in [1.54, 1.807) is 0 Å². The summed E-state index contributed by atoms with van der Waals surface area (Å²) in [6.07, 6.45) is 0. The molecule has 0 aromatic heterocycles. The fourth-order valence-corrected chi connectivity index (χ4v) is 2.16. The molecular weight excluding hydrogens is 276 g/mol. The number of benzene rings is 1. The van der Waals surface area contributed by atoms with E-state index in [-0.39, 0.29) is 12.5 Å². The molecule has 0 spiro atoms. The number of nitrogens with zero attached hydrogens (tertiary/aromatic N) is 1. The third-order valence-corrected chi connectivity index (χ3v) is 3.36. The molecule has 20 heavy (non-hydrogen) atoms. The van der Waals surface area contributed by atoms with Crippen LogP contribution in [0.25, 0.3) is 0 Å². The summed E-state index contributed by atoms with van der Waals surface area (Å²) in [7, 11) is 0. The highest BCUT2D eigenvalue weighted by Gasteiger charge is 2.15. The van der Waals surface area contributed by atoms with E-state index in [1.807, 2.05) is 36.1 Å². The minimum absolute atomic E-state index is 0.0463. The van der Waals surface area contributed by atoms with Crippen LogP contribution in [0.4, 0.5) is 0 Å². The molecule has 0 saturated carbocycles. The number of amides is 1. The van der Waals surface area contributed by atoms with Crippen LogP contribution in [-0.2, 0) is 9.53 Å². The number of nitrogens with one attached hydrogen (secondary N) is 1. The molecule has 0 unspecified atom stereocenters. The van der Waals surface area contributed by atoms with Gasteiger partial charge in [0.25, 0.3) is 5.91 Å². The summed E-state index contributed by atoms with van der Waals surface area (Å²) in [6.45, 7) is 4.57. The quantitative estimate of drug-likeness (QED) is 0.846. The first-order chi connectivity index (χ1) is 9.66. The number of carbonyl (C=O) groups excluding carboxylic acids is 1. The van der Waals surface area contributed by atoms with Gasteiger partial charge in [0.15, 0.2) is 11.7 Å². The summed E-state index contributed by atoms with van der Waals surface area (Å²) in [5.41, 5.74) is 0.996. The second-order valence-electron chi connectivity index (χ2n) is 4.51. The number of carbonyl (C=O) groups is 1. The molecule has 1 N–H and O–H groups in total. The van der Waals surface area contributed by atoms with Crippen molar-refractivity contribution in [1.82, 2.24) is 10.2 Å². The molecule has 1 saturated heterocycles. The molecule has 0 radical (unpaired) electrons. The predicted molar refractivity (Wildman–Crippen MR) is 79.8 cm³/mol. The Labute approximate surface area is 123 Å². The molecule has 5 nitrogen and oxygen atoms in total. The van der Waals surface area contributed by atoms with E-state index >= 15 is 0 Å². The molecule has 1 amide bonds. The van der Waals surface area contributed by atoms with Crippen LogP contribution in [0.1, 0.15) is 5.56 Å². The van der Waals surface area contributed by atoms with E-state index in [0.29, 0.717) is 37.2 Å². The van der Waals surface area contributed by atoms with Gasteiger partial charge >= 0.3 is 0 Å². The zero-order valence-electron chi connectivity index (χ0n) is 11.4. The van der Waals surface area contributed by atoms with Gasteiger partial charge in [-0.1, -0.05) is 18.2 Å². The lowest BCUT2D eigenvalue weighted by atomic mass is 10.2. The van der Waals surface area contributed by atoms with E-state index in [0.717, 1.165) is 5.56 Å². The highest BCUT2D eigenvalue weighted by atomic mass is 32.1. The van der Waals surface area contributed by atoms with E-state index in [9.17, 15) is 4.79 Å². The van der Waals surface area contributed by atoms with Gasteiger partial charge in [0.1, 0.15) is 5.75 Å². The number of rotatable bonds is 3. The van der Waals surface area contributed by atoms with Gasteiger partial charge in [-0.2, -0.15) is 0 Å². The summed E-state index contributed by atoms with van der Waals surface area (Å²) in [4.78, 5) is 13.7. The smallest absolute Gasteiger partial charge is 0.264 e. The van der Waals surface area contributed by atoms with Crippen molar-refractivity contribution in [2.45, 2.75) is 6.92 Å². The van der Waals surface area contributed by atoms with Crippen molar-refractivity contribution in [3.05, 3.63) is 29.8 Å². The second-order valence-corrected chi connectivity index (χ2v) is 4.89. The lowest BCUT2D eigenvalue weighted by Gasteiger charge is -2.28. The van der Waals surface area contributed by atoms with E-state index < -0.39 is 0 Å². The van der Waals surface area contributed by atoms with Gasteiger partial charge in [-0.05, 0) is 30.8 Å². The Morgan fingerprint density at radius 2 is 2.10 bits per heavy atom. The van der Waals surface area contributed by atoms with Gasteiger partial charge in [-0.15, -0.1) is 0 Å². The Morgan fingerprint density at radius 1 is 1.40 bits per heavy atom. The van der Waals surface area contributed by atoms with E-state index in [2.05, 4.69) is 5.32 Å². The number of ether oxygens (including phenoxy) is 2. The van der Waals surface area contributed by atoms with Crippen LogP contribution in [-0.4, -0.2) is 48.8 Å². The van der Waals surface area contributed by atoms with Crippen LogP contribution < -0.4 is 10.1 Å². The highest BCUT2D eigenvalue weighted by molar-refractivity contribution is 7.80. The first-order valence-corrected chi connectivity index (χ1v) is 6.92. The van der Waals surface area contributed by atoms with Crippen molar-refractivity contribution < 1.29 is 14.3 Å². The molecule has 1 aromatic rings. The molecule has 6 heteroatoms. The maximum atomic E-state index is 11.8. The van der Waals surface area contributed by atoms with Crippen molar-refractivity contribution in [3.8, 4) is 5.75 Å². The average molecular weight is 294 g/mol. The Bertz CT molecular complexity index is 487. The monoisotopic (exact) mass is 294 g/mol. The molecule has 1 heterocycles. The molecule has 1 aliphatic heterocycles. The molecule has 1 aliphatic rings. The van der Waals surface area contributed by atoms with Crippen LogP contribution in [0.3, 0.4) is 0 Å². The largest absolute Gasteiger partial charge is 0.483 e. The number of hydrogen-bond donors (Lipinski definition) is 1. The van der Waals surface area contributed by atoms with Crippen molar-refractivity contribution in [2.24, 2.45) is 0 Å². The zero-order valence-corrected chi connectivity index (χ0v) is 12.2. The molecule has 1 aromatic carbocycles. The SMILES string of the molecule is Cc1ccccc1OCC(=O)NC(=S)N1CCOCC1. The van der Waals surface area contributed by atoms with E-state index in [4.69, 9.17) is 21.7 Å². The Hall–Kier alpha value is -1.66. The Morgan fingerprint density at radius 3 is 2.80 bits per heavy atom. The maximum absolute atomic E-state index is 11.8. The number of aryl methyl sites for hydroxylation is 1. The fourth-order valence-electron chi connectivity index (χ4n) is 1.86. The Kier molecular flexibility index (Phi) is 5.31. The molecule has 1 fully saturated rings. The molecule has 0 bridgehead atoms. The lowest BCUT2D eigenvalue weighted by Crippen LogP contribution is -2.48. The molecule has 2 rings (SSSR count). The van der Waals surface area contributed by atoms with Gasteiger partial charge in [0, 0.05) is 13.1 Å². The van der Waals surface area contributed by atoms with Crippen molar-refractivity contribution in [2.75, 3.05) is 32.9 Å². The number of morpholine rings is 1. The Balaban J connectivity index is 1.77.